The second kappa shape index (κ2) is 8.48. The first kappa shape index (κ1) is 18.9. The number of allylic oxidation sites excluding steroid dienone is 4. The maximum atomic E-state index is 2.51. The largest absolute Gasteiger partial charge is 1.00 e. The summed E-state index contributed by atoms with van der Waals surface area (Å²) in [7, 11) is 0. The van der Waals surface area contributed by atoms with E-state index in [2.05, 4.69) is 73.8 Å². The van der Waals surface area contributed by atoms with Gasteiger partial charge in [-0.3, -0.25) is 0 Å². The first-order valence-electron chi connectivity index (χ1n) is 6.79. The summed E-state index contributed by atoms with van der Waals surface area (Å²) in [6, 6.07) is 15.8. The molecule has 0 radical (unpaired) electrons. The summed E-state index contributed by atoms with van der Waals surface area (Å²) in [5.74, 6) is 0. The molecule has 0 aromatic heterocycles. The predicted octanol–water partition coefficient (Wildman–Crippen LogP) is -1.86. The van der Waals surface area contributed by atoms with Gasteiger partial charge in [-0.05, 0) is 0 Å². The van der Waals surface area contributed by atoms with Gasteiger partial charge in [0, 0.05) is 0 Å². The van der Waals surface area contributed by atoms with E-state index in [4.69, 9.17) is 0 Å². The number of hydrogen-bond acceptors (Lipinski definition) is 0. The van der Waals surface area contributed by atoms with E-state index in [1.54, 1.807) is 6.55 Å². The predicted molar refractivity (Wildman–Crippen MR) is 82.0 cm³/mol. The summed E-state index contributed by atoms with van der Waals surface area (Å²) in [6.45, 7) is 5.03. The van der Waals surface area contributed by atoms with Crippen LogP contribution in [0.5, 0.6) is 0 Å². The van der Waals surface area contributed by atoms with Crippen molar-refractivity contribution in [2.45, 2.75) is 19.5 Å². The monoisotopic (exact) mass is 410 g/mol. The van der Waals surface area contributed by atoms with Gasteiger partial charge in [-0.2, -0.15) is 0 Å². The molecule has 0 atom stereocenters. The molecule has 0 fully saturated rings. The van der Waals surface area contributed by atoms with E-state index >= 15 is 0 Å². The van der Waals surface area contributed by atoms with Crippen LogP contribution in [0.25, 0.3) is 11.1 Å². The summed E-state index contributed by atoms with van der Waals surface area (Å²) in [5.41, 5.74) is 2.72. The van der Waals surface area contributed by atoms with Crippen LogP contribution in [0, 0.1) is 0 Å². The van der Waals surface area contributed by atoms with Gasteiger partial charge in [0.05, 0.1) is 0 Å². The maximum Gasteiger partial charge on any atom is -1.00 e. The topological polar surface area (TPSA) is 0 Å². The molecule has 0 amide bonds. The second-order valence-corrected chi connectivity index (χ2v) is 22.3. The third kappa shape index (κ3) is 3.99. The molecule has 0 spiro atoms. The van der Waals surface area contributed by atoms with E-state index in [1.165, 1.54) is 17.5 Å². The fourth-order valence-electron chi connectivity index (χ4n) is 2.83. The molecular weight excluding hydrogens is 394 g/mol. The van der Waals surface area contributed by atoms with Crippen molar-refractivity contribution in [1.29, 1.82) is 0 Å². The van der Waals surface area contributed by atoms with Gasteiger partial charge in [0.2, 0.25) is 0 Å². The molecule has 108 valence electrons. The Morgan fingerprint density at radius 2 is 1.71 bits per heavy atom. The van der Waals surface area contributed by atoms with Gasteiger partial charge in [0.15, 0.2) is 0 Å². The molecule has 4 heteroatoms. The van der Waals surface area contributed by atoms with Crippen molar-refractivity contribution in [2.24, 2.45) is 0 Å². The minimum atomic E-state index is -1.61. The fraction of sp³-hybridized carbons (Fsp3) is 0.176. The fourth-order valence-corrected chi connectivity index (χ4v) is 19.2. The van der Waals surface area contributed by atoms with E-state index < -0.39 is 20.4 Å². The Kier molecular flexibility index (Phi) is 7.64. The average molecular weight is 413 g/mol. The molecule has 0 nitrogen and oxygen atoms in total. The average Bonchev–Trinajstić information content (AvgIpc) is 2.96. The Hall–Kier alpha value is -0.140. The van der Waals surface area contributed by atoms with Crippen LogP contribution >= 0.6 is 0 Å². The van der Waals surface area contributed by atoms with Crippen LogP contribution in [0.3, 0.4) is 0 Å². The first-order chi connectivity index (χ1) is 9.27. The Morgan fingerprint density at radius 1 is 0.952 bits per heavy atom. The molecule has 21 heavy (non-hydrogen) atoms. The zero-order valence-electron chi connectivity index (χ0n) is 12.2. The van der Waals surface area contributed by atoms with Crippen molar-refractivity contribution in [2.75, 3.05) is 0 Å². The zero-order valence-corrected chi connectivity index (χ0v) is 17.2. The quantitative estimate of drug-likeness (QED) is 0.508. The normalized spacial score (nSPS) is 12.0. The second-order valence-electron chi connectivity index (χ2n) is 5.23. The summed E-state index contributed by atoms with van der Waals surface area (Å²) in [6.07, 6.45) is 8.21. The van der Waals surface area contributed by atoms with E-state index in [-0.39, 0.29) is 30.2 Å². The van der Waals surface area contributed by atoms with Crippen molar-refractivity contribution >= 4 is 8.70 Å². The molecule has 0 bridgehead atoms. The van der Waals surface area contributed by atoms with Crippen molar-refractivity contribution in [3.8, 4) is 11.1 Å². The minimum Gasteiger partial charge on any atom is -1.00 e. The molecule has 0 heterocycles. The molecule has 0 unspecified atom stereocenters. The third-order valence-electron chi connectivity index (χ3n) is 3.65. The summed E-state index contributed by atoms with van der Waals surface area (Å²) >= 11 is -1.61. The number of rotatable bonds is 2. The molecule has 0 saturated heterocycles. The van der Waals surface area contributed by atoms with E-state index in [0.29, 0.717) is 0 Å². The van der Waals surface area contributed by atoms with Crippen molar-refractivity contribution in [1.82, 2.24) is 0 Å². The SMILES string of the molecule is C[Si](C)=[Zr+2]([C]1=CC=CC1)[c]1ccc2cccccc1-2.[Cl-].[Cl-]. The van der Waals surface area contributed by atoms with Crippen LogP contribution in [0.15, 0.2) is 64.0 Å². The number of fused-ring (bicyclic) bond motifs is 1. The van der Waals surface area contributed by atoms with Gasteiger partial charge < -0.3 is 24.8 Å². The van der Waals surface area contributed by atoms with Crippen LogP contribution in [0.4, 0.5) is 0 Å². The summed E-state index contributed by atoms with van der Waals surface area (Å²) < 4.78 is 3.52. The molecule has 3 aliphatic rings. The van der Waals surface area contributed by atoms with E-state index in [1.807, 2.05) is 0 Å². The molecule has 3 aliphatic carbocycles. The van der Waals surface area contributed by atoms with E-state index in [9.17, 15) is 0 Å². The smallest absolute Gasteiger partial charge is 1.00 e. The van der Waals surface area contributed by atoms with Crippen LogP contribution in [0.1, 0.15) is 6.42 Å². The van der Waals surface area contributed by atoms with Crippen LogP contribution in [0.2, 0.25) is 13.1 Å². The van der Waals surface area contributed by atoms with Gasteiger partial charge in [-0.25, -0.2) is 0 Å². The van der Waals surface area contributed by atoms with Crippen molar-refractivity contribution in [3.05, 3.63) is 64.0 Å². The zero-order chi connectivity index (χ0) is 13.2. The van der Waals surface area contributed by atoms with Gasteiger partial charge in [-0.15, -0.1) is 0 Å². The molecule has 0 aromatic carbocycles. The number of halogens is 2. The van der Waals surface area contributed by atoms with Crippen molar-refractivity contribution in [3.63, 3.8) is 0 Å². The number of hydrogen-bond donors (Lipinski definition) is 0. The Bertz CT molecular complexity index is 685. The van der Waals surface area contributed by atoms with Gasteiger partial charge >= 0.3 is 124 Å². The van der Waals surface area contributed by atoms with Crippen molar-refractivity contribution < 1.29 is 45.2 Å². The molecule has 3 rings (SSSR count). The Balaban J connectivity index is 0.00000110. The van der Waals surface area contributed by atoms with Crippen LogP contribution < -0.4 is 28.1 Å². The van der Waals surface area contributed by atoms with E-state index in [0.717, 1.165) is 0 Å². The standard InChI is InChI=1S/C10H7.C5H5.C2H6Si.2ClH.Zr/c1-2-5-9-7-4-8-10(9)6-3-1;1-2-4-5-3-1;1-3-2;;;/h1-7H;1-3H,4H2;1-2H3;2*1H;/q;;;;;+2/p-2. The van der Waals surface area contributed by atoms with Crippen LogP contribution in [-0.4, -0.2) is 5.43 Å². The molecule has 0 aromatic rings. The Labute approximate surface area is 147 Å². The minimum absolute atomic E-state index is 0. The Morgan fingerprint density at radius 3 is 2.38 bits per heavy atom. The van der Waals surface area contributed by atoms with Crippen LogP contribution in [-0.2, 0) is 20.4 Å². The summed E-state index contributed by atoms with van der Waals surface area (Å²) in [5, 5.41) is 0. The van der Waals surface area contributed by atoms with Gasteiger partial charge in [0.1, 0.15) is 0 Å². The first-order valence-corrected chi connectivity index (χ1v) is 15.4. The maximum absolute atomic E-state index is 2.51. The molecule has 0 aliphatic heterocycles. The van der Waals surface area contributed by atoms with Gasteiger partial charge in [-0.1, -0.05) is 0 Å². The molecule has 0 saturated carbocycles. The summed E-state index contributed by atoms with van der Waals surface area (Å²) in [4.78, 5) is 0. The third-order valence-corrected chi connectivity index (χ3v) is 20.4. The molecule has 0 N–H and O–H groups in total. The molecular formula is C17H18Cl2SiZr. The van der Waals surface area contributed by atoms with Gasteiger partial charge in [0.25, 0.3) is 0 Å².